The number of phenolic OH excluding ortho intramolecular Hbond substituents is 1. The molecule has 1 saturated heterocycles. The van der Waals surface area contributed by atoms with Gasteiger partial charge in [-0.05, 0) is 49.3 Å². The summed E-state index contributed by atoms with van der Waals surface area (Å²) in [6, 6.07) is 9.65. The molecule has 1 fully saturated rings. The molecule has 7 heteroatoms. The zero-order chi connectivity index (χ0) is 21.5. The van der Waals surface area contributed by atoms with Crippen molar-refractivity contribution in [3.8, 4) is 5.75 Å². The number of hydrogen-bond donors (Lipinski definition) is 2. The average Bonchev–Trinajstić information content (AvgIpc) is 3.29. The van der Waals surface area contributed by atoms with Crippen LogP contribution < -0.4 is 5.32 Å². The van der Waals surface area contributed by atoms with Crippen molar-refractivity contribution >= 4 is 17.3 Å². The zero-order valence-corrected chi connectivity index (χ0v) is 17.2. The van der Waals surface area contributed by atoms with Gasteiger partial charge in [-0.25, -0.2) is 0 Å². The number of amides is 1. The smallest absolute Gasteiger partial charge is 0.270 e. The molecule has 2 aromatic rings. The molecule has 160 valence electrons. The van der Waals surface area contributed by atoms with Crippen molar-refractivity contribution in [2.24, 2.45) is 5.92 Å². The maximum absolute atomic E-state index is 13.3. The van der Waals surface area contributed by atoms with E-state index in [-0.39, 0.29) is 35.2 Å². The largest absolute Gasteiger partial charge is 0.508 e. The van der Waals surface area contributed by atoms with E-state index in [0.29, 0.717) is 11.1 Å². The number of hydrogen-bond acceptors (Lipinski definition) is 5. The number of nitro groups is 1. The van der Waals surface area contributed by atoms with E-state index in [1.807, 2.05) is 23.1 Å². The van der Waals surface area contributed by atoms with E-state index >= 15 is 0 Å². The Morgan fingerprint density at radius 2 is 1.94 bits per heavy atom. The normalized spacial score (nSPS) is 24.3. The summed E-state index contributed by atoms with van der Waals surface area (Å²) >= 11 is 0. The number of carbonyl (C=O) groups excluding carboxylic acids is 1. The molecule has 0 aromatic heterocycles. The molecular formula is C24H25N3O4. The molecule has 31 heavy (non-hydrogen) atoms. The van der Waals surface area contributed by atoms with Crippen molar-refractivity contribution in [1.29, 1.82) is 0 Å². The van der Waals surface area contributed by atoms with Crippen molar-refractivity contribution in [2.45, 2.75) is 37.6 Å². The highest BCUT2D eigenvalue weighted by Crippen LogP contribution is 2.52. The number of aromatic hydroxyl groups is 1. The van der Waals surface area contributed by atoms with Crippen molar-refractivity contribution in [3.05, 3.63) is 75.4 Å². The first-order valence-electron chi connectivity index (χ1n) is 10.9. The predicted octanol–water partition coefficient (Wildman–Crippen LogP) is 4.75. The van der Waals surface area contributed by atoms with Gasteiger partial charge in [0.15, 0.2) is 0 Å². The lowest BCUT2D eigenvalue weighted by atomic mass is 9.76. The predicted molar refractivity (Wildman–Crippen MR) is 117 cm³/mol. The number of allylic oxidation sites excluding steroid dienone is 2. The van der Waals surface area contributed by atoms with Crippen molar-refractivity contribution < 1.29 is 14.8 Å². The summed E-state index contributed by atoms with van der Waals surface area (Å²) in [5.74, 6) is 0.248. The monoisotopic (exact) mass is 419 g/mol. The number of fused-ring (bicyclic) bond motifs is 3. The average molecular weight is 419 g/mol. The number of para-hydroxylation sites is 1. The maximum atomic E-state index is 13.3. The number of likely N-dealkylation sites (tertiary alicyclic amines) is 1. The second-order valence-electron chi connectivity index (χ2n) is 8.60. The van der Waals surface area contributed by atoms with Crippen LogP contribution in [0.3, 0.4) is 0 Å². The number of rotatable bonds is 3. The third-order valence-electron chi connectivity index (χ3n) is 6.83. The summed E-state index contributed by atoms with van der Waals surface area (Å²) in [4.78, 5) is 26.1. The summed E-state index contributed by atoms with van der Waals surface area (Å²) in [7, 11) is 0. The summed E-state index contributed by atoms with van der Waals surface area (Å²) in [5, 5.41) is 25.4. The van der Waals surface area contributed by atoms with Gasteiger partial charge in [-0.1, -0.05) is 24.3 Å². The number of anilines is 1. The van der Waals surface area contributed by atoms with E-state index in [1.165, 1.54) is 18.2 Å². The summed E-state index contributed by atoms with van der Waals surface area (Å²) in [6.07, 6.45) is 8.26. The first-order chi connectivity index (χ1) is 15.0. The van der Waals surface area contributed by atoms with Crippen LogP contribution in [0, 0.1) is 16.0 Å². The molecule has 1 aliphatic carbocycles. The van der Waals surface area contributed by atoms with Gasteiger partial charge in [-0.15, -0.1) is 0 Å². The molecule has 1 amide bonds. The Labute approximate surface area is 180 Å². The molecule has 0 radical (unpaired) electrons. The molecule has 0 spiro atoms. The maximum Gasteiger partial charge on any atom is 0.270 e. The number of nitrogens with zero attached hydrogens (tertiary/aromatic N) is 2. The standard InChI is InChI=1S/C24H25N3O4/c28-21-11-10-15(27(30)31)14-20(21)23-18-7-4-6-16(18)17-8-5-9-19(22(17)25-23)24(29)26-12-2-1-3-13-26/h4-6,8-11,14,16,18,23,25,28H,1-3,7,12-13H2. The molecule has 0 bridgehead atoms. The lowest BCUT2D eigenvalue weighted by Gasteiger charge is -2.39. The van der Waals surface area contributed by atoms with Gasteiger partial charge in [0, 0.05) is 36.7 Å². The van der Waals surface area contributed by atoms with Gasteiger partial charge >= 0.3 is 0 Å². The fourth-order valence-corrected chi connectivity index (χ4v) is 5.28. The van der Waals surface area contributed by atoms with Crippen LogP contribution in [-0.2, 0) is 0 Å². The molecule has 3 unspecified atom stereocenters. The number of phenols is 1. The number of nitro benzene ring substituents is 1. The van der Waals surface area contributed by atoms with E-state index in [4.69, 9.17) is 0 Å². The zero-order valence-electron chi connectivity index (χ0n) is 17.2. The Balaban J connectivity index is 1.58. The minimum absolute atomic E-state index is 0.0199. The van der Waals surface area contributed by atoms with Crippen LogP contribution in [0.5, 0.6) is 5.75 Å². The number of benzene rings is 2. The van der Waals surface area contributed by atoms with Gasteiger partial charge in [0.25, 0.3) is 11.6 Å². The fourth-order valence-electron chi connectivity index (χ4n) is 5.28. The van der Waals surface area contributed by atoms with Crippen LogP contribution in [0.1, 0.15) is 59.1 Å². The summed E-state index contributed by atoms with van der Waals surface area (Å²) in [6.45, 7) is 1.53. The van der Waals surface area contributed by atoms with E-state index < -0.39 is 4.92 Å². The highest BCUT2D eigenvalue weighted by molar-refractivity contribution is 6.01. The van der Waals surface area contributed by atoms with Gasteiger partial charge in [0.05, 0.1) is 22.2 Å². The summed E-state index contributed by atoms with van der Waals surface area (Å²) in [5.41, 5.74) is 2.93. The van der Waals surface area contributed by atoms with E-state index in [1.54, 1.807) is 0 Å². The molecule has 2 N–H and O–H groups in total. The van der Waals surface area contributed by atoms with Gasteiger partial charge in [-0.3, -0.25) is 14.9 Å². The first-order valence-corrected chi connectivity index (χ1v) is 10.9. The first kappa shape index (κ1) is 19.6. The fraction of sp³-hybridized carbons (Fsp3) is 0.375. The lowest BCUT2D eigenvalue weighted by molar-refractivity contribution is -0.385. The summed E-state index contributed by atoms with van der Waals surface area (Å²) < 4.78 is 0. The highest BCUT2D eigenvalue weighted by Gasteiger charge is 2.41. The number of nitrogens with one attached hydrogen (secondary N) is 1. The SMILES string of the molecule is O=C(c1cccc2c1NC(c1cc([N+](=O)[O-])ccc1O)C1CC=CC21)N1CCCCC1. The van der Waals surface area contributed by atoms with E-state index in [9.17, 15) is 20.0 Å². The van der Waals surface area contributed by atoms with Crippen LogP contribution in [0.25, 0.3) is 0 Å². The number of carbonyl (C=O) groups is 1. The molecule has 3 atom stereocenters. The second-order valence-corrected chi connectivity index (χ2v) is 8.60. The Bertz CT molecular complexity index is 1070. The van der Waals surface area contributed by atoms with Gasteiger partial charge < -0.3 is 15.3 Å². The van der Waals surface area contributed by atoms with Crippen molar-refractivity contribution in [2.75, 3.05) is 18.4 Å². The molecule has 2 heterocycles. The van der Waals surface area contributed by atoms with Crippen molar-refractivity contribution in [1.82, 2.24) is 4.90 Å². The van der Waals surface area contributed by atoms with Gasteiger partial charge in [0.1, 0.15) is 5.75 Å². The Kier molecular flexibility index (Phi) is 4.88. The van der Waals surface area contributed by atoms with Crippen LogP contribution >= 0.6 is 0 Å². The van der Waals surface area contributed by atoms with E-state index in [0.717, 1.165) is 50.0 Å². The molecule has 7 nitrogen and oxygen atoms in total. The van der Waals surface area contributed by atoms with Crippen LogP contribution in [0.2, 0.25) is 0 Å². The molecule has 2 aliphatic heterocycles. The highest BCUT2D eigenvalue weighted by atomic mass is 16.6. The third kappa shape index (κ3) is 3.34. The molecular weight excluding hydrogens is 394 g/mol. The molecule has 5 rings (SSSR count). The van der Waals surface area contributed by atoms with Gasteiger partial charge in [0.2, 0.25) is 0 Å². The van der Waals surface area contributed by atoms with Crippen LogP contribution in [0.4, 0.5) is 11.4 Å². The second kappa shape index (κ2) is 7.72. The molecule has 2 aromatic carbocycles. The molecule has 3 aliphatic rings. The molecule has 0 saturated carbocycles. The van der Waals surface area contributed by atoms with Crippen LogP contribution in [-0.4, -0.2) is 33.9 Å². The van der Waals surface area contributed by atoms with Crippen molar-refractivity contribution in [3.63, 3.8) is 0 Å². The third-order valence-corrected chi connectivity index (χ3v) is 6.83. The lowest BCUT2D eigenvalue weighted by Crippen LogP contribution is -2.37. The topological polar surface area (TPSA) is 95.7 Å². The van der Waals surface area contributed by atoms with Gasteiger partial charge in [-0.2, -0.15) is 0 Å². The Morgan fingerprint density at radius 1 is 1.13 bits per heavy atom. The Morgan fingerprint density at radius 3 is 2.71 bits per heavy atom. The number of non-ortho nitro benzene ring substituents is 1. The Hall–Kier alpha value is -3.35. The minimum atomic E-state index is -0.449. The van der Waals surface area contributed by atoms with Crippen LogP contribution in [0.15, 0.2) is 48.6 Å². The number of piperidine rings is 1. The van der Waals surface area contributed by atoms with E-state index in [2.05, 4.69) is 17.5 Å². The minimum Gasteiger partial charge on any atom is -0.508 e. The quantitative estimate of drug-likeness (QED) is 0.425.